The third kappa shape index (κ3) is 4.04. The van der Waals surface area contributed by atoms with Crippen LogP contribution < -0.4 is 5.32 Å². The van der Waals surface area contributed by atoms with Crippen molar-refractivity contribution in [2.24, 2.45) is 5.41 Å². The number of carbonyl (C=O) groups is 1. The van der Waals surface area contributed by atoms with Crippen LogP contribution in [0.2, 0.25) is 0 Å². The van der Waals surface area contributed by atoms with E-state index in [1.807, 2.05) is 16.8 Å². The van der Waals surface area contributed by atoms with Crippen molar-refractivity contribution in [1.82, 2.24) is 14.8 Å². The molecule has 32 heavy (non-hydrogen) atoms. The van der Waals surface area contributed by atoms with Crippen LogP contribution in [0.15, 0.2) is 69.4 Å². The van der Waals surface area contributed by atoms with E-state index in [9.17, 15) is 4.79 Å². The molecule has 1 aromatic heterocycles. The summed E-state index contributed by atoms with van der Waals surface area (Å²) in [7, 11) is 0. The van der Waals surface area contributed by atoms with Gasteiger partial charge in [-0.25, -0.2) is 4.68 Å². The maximum absolute atomic E-state index is 13.3. The number of nitrogens with one attached hydrogen (secondary N) is 1. The lowest BCUT2D eigenvalue weighted by molar-refractivity contribution is -0.118. The number of allylic oxidation sites excluding steroid dienone is 2. The SMILES string of the molecule is Cc1ccccc1CSc1nc2n(n1)C(c1ccc(Br)cc1)C1=C(CC(C)(C)CC1=O)N2. The van der Waals surface area contributed by atoms with Gasteiger partial charge < -0.3 is 5.32 Å². The quantitative estimate of drug-likeness (QED) is 0.419. The van der Waals surface area contributed by atoms with Crippen LogP contribution in [0.4, 0.5) is 5.95 Å². The molecule has 5 rings (SSSR count). The topological polar surface area (TPSA) is 59.8 Å². The Morgan fingerprint density at radius 2 is 1.91 bits per heavy atom. The minimum atomic E-state index is -0.265. The molecule has 7 heteroatoms. The Labute approximate surface area is 200 Å². The highest BCUT2D eigenvalue weighted by Crippen LogP contribution is 2.45. The standard InChI is InChI=1S/C25H25BrN4OS/c1-15-6-4-5-7-17(15)14-32-24-28-23-27-19-12-25(2,3)13-20(31)21(19)22(30(23)29-24)16-8-10-18(26)11-9-16/h4-11,22H,12-14H2,1-3H3,(H,27,28,29). The van der Waals surface area contributed by atoms with E-state index in [0.717, 1.165) is 33.5 Å². The molecule has 0 saturated heterocycles. The first-order valence-corrected chi connectivity index (χ1v) is 12.5. The summed E-state index contributed by atoms with van der Waals surface area (Å²) in [6.07, 6.45) is 1.36. The van der Waals surface area contributed by atoms with Gasteiger partial charge in [0.25, 0.3) is 0 Å². The number of fused-ring (bicyclic) bond motifs is 1. The Bertz CT molecular complexity index is 1230. The predicted octanol–water partition coefficient (Wildman–Crippen LogP) is 6.30. The molecular weight excluding hydrogens is 484 g/mol. The molecule has 1 atom stereocenters. The Hall–Kier alpha value is -2.38. The number of thioether (sulfide) groups is 1. The van der Waals surface area contributed by atoms with Crippen molar-refractivity contribution in [1.29, 1.82) is 0 Å². The molecular formula is C25H25BrN4OS. The fourth-order valence-electron chi connectivity index (χ4n) is 4.52. The van der Waals surface area contributed by atoms with Crippen molar-refractivity contribution in [2.45, 2.75) is 50.6 Å². The Morgan fingerprint density at radius 3 is 2.66 bits per heavy atom. The van der Waals surface area contributed by atoms with Crippen molar-refractivity contribution in [3.05, 3.63) is 81.0 Å². The van der Waals surface area contributed by atoms with Crippen LogP contribution in [-0.4, -0.2) is 20.5 Å². The second-order valence-corrected chi connectivity index (χ2v) is 11.1. The molecule has 0 fully saturated rings. The number of rotatable bonds is 4. The summed E-state index contributed by atoms with van der Waals surface area (Å²) in [5, 5.41) is 9.01. The first kappa shape index (κ1) is 21.5. The van der Waals surface area contributed by atoms with Crippen molar-refractivity contribution < 1.29 is 4.79 Å². The highest BCUT2D eigenvalue weighted by atomic mass is 79.9. The third-order valence-corrected chi connectivity index (χ3v) is 7.53. The van der Waals surface area contributed by atoms with E-state index in [1.54, 1.807) is 11.8 Å². The summed E-state index contributed by atoms with van der Waals surface area (Å²) in [6, 6.07) is 16.3. The first-order chi connectivity index (χ1) is 15.3. The summed E-state index contributed by atoms with van der Waals surface area (Å²) in [4.78, 5) is 18.1. The molecule has 1 unspecified atom stereocenters. The maximum Gasteiger partial charge on any atom is 0.227 e. The molecule has 1 aliphatic heterocycles. The van der Waals surface area contributed by atoms with E-state index < -0.39 is 0 Å². The normalized spacial score (nSPS) is 19.4. The molecule has 1 N–H and O–H groups in total. The lowest BCUT2D eigenvalue weighted by Gasteiger charge is -2.38. The van der Waals surface area contributed by atoms with Crippen LogP contribution in [0.3, 0.4) is 0 Å². The molecule has 2 aromatic carbocycles. The van der Waals surface area contributed by atoms with Gasteiger partial charge in [0.05, 0.1) is 0 Å². The van der Waals surface area contributed by atoms with Gasteiger partial charge in [0.2, 0.25) is 11.1 Å². The second kappa shape index (κ2) is 8.19. The van der Waals surface area contributed by atoms with Crippen LogP contribution in [0, 0.1) is 12.3 Å². The van der Waals surface area contributed by atoms with E-state index in [4.69, 9.17) is 10.1 Å². The highest BCUT2D eigenvalue weighted by molar-refractivity contribution is 9.10. The number of hydrogen-bond acceptors (Lipinski definition) is 5. The zero-order valence-corrected chi connectivity index (χ0v) is 20.8. The van der Waals surface area contributed by atoms with Gasteiger partial charge in [-0.3, -0.25) is 4.79 Å². The van der Waals surface area contributed by atoms with E-state index in [1.165, 1.54) is 11.1 Å². The molecule has 0 saturated carbocycles. The molecule has 1 aliphatic carbocycles. The van der Waals surface area contributed by atoms with Gasteiger partial charge in [0.1, 0.15) is 6.04 Å². The molecule has 0 amide bonds. The number of Topliss-reactive ketones (excluding diaryl/α,β-unsaturated/α-hetero) is 1. The van der Waals surface area contributed by atoms with E-state index >= 15 is 0 Å². The maximum atomic E-state index is 13.3. The molecule has 0 bridgehead atoms. The summed E-state index contributed by atoms with van der Waals surface area (Å²) >= 11 is 5.14. The van der Waals surface area contributed by atoms with Crippen LogP contribution in [0.1, 0.15) is 49.4 Å². The number of aryl methyl sites for hydroxylation is 1. The average Bonchev–Trinajstić information content (AvgIpc) is 3.14. The average molecular weight is 509 g/mol. The van der Waals surface area contributed by atoms with Crippen molar-refractivity contribution >= 4 is 39.4 Å². The zero-order valence-electron chi connectivity index (χ0n) is 18.4. The Balaban J connectivity index is 1.53. The molecule has 2 heterocycles. The number of carbonyl (C=O) groups excluding carboxylic acids is 1. The third-order valence-electron chi connectivity index (χ3n) is 6.12. The van der Waals surface area contributed by atoms with Crippen molar-refractivity contribution in [3.8, 4) is 0 Å². The fraction of sp³-hybridized carbons (Fsp3) is 0.320. The summed E-state index contributed by atoms with van der Waals surface area (Å²) < 4.78 is 2.90. The number of nitrogens with zero attached hydrogens (tertiary/aromatic N) is 3. The minimum absolute atomic E-state index is 0.0716. The van der Waals surface area contributed by atoms with Gasteiger partial charge in [-0.05, 0) is 47.6 Å². The molecule has 0 spiro atoms. The van der Waals surface area contributed by atoms with Crippen LogP contribution in [0.25, 0.3) is 0 Å². The molecule has 3 aromatic rings. The summed E-state index contributed by atoms with van der Waals surface area (Å²) in [5.74, 6) is 1.69. The number of benzene rings is 2. The largest absolute Gasteiger partial charge is 0.328 e. The number of ketones is 1. The van der Waals surface area contributed by atoms with Crippen LogP contribution in [-0.2, 0) is 10.5 Å². The fourth-order valence-corrected chi connectivity index (χ4v) is 5.69. The lowest BCUT2D eigenvalue weighted by atomic mass is 9.73. The smallest absolute Gasteiger partial charge is 0.227 e. The number of aromatic nitrogens is 3. The highest BCUT2D eigenvalue weighted by Gasteiger charge is 2.41. The molecule has 164 valence electrons. The van der Waals surface area contributed by atoms with Crippen molar-refractivity contribution in [3.63, 3.8) is 0 Å². The molecule has 0 radical (unpaired) electrons. The molecule has 5 nitrogen and oxygen atoms in total. The predicted molar refractivity (Wildman–Crippen MR) is 132 cm³/mol. The lowest BCUT2D eigenvalue weighted by Crippen LogP contribution is -2.36. The monoisotopic (exact) mass is 508 g/mol. The Kier molecular flexibility index (Phi) is 5.50. The number of hydrogen-bond donors (Lipinski definition) is 1. The van der Waals surface area contributed by atoms with Crippen LogP contribution in [0.5, 0.6) is 0 Å². The van der Waals surface area contributed by atoms with E-state index in [2.05, 4.69) is 78.4 Å². The van der Waals surface area contributed by atoms with Gasteiger partial charge in [0.15, 0.2) is 5.78 Å². The summed E-state index contributed by atoms with van der Waals surface area (Å²) in [5.41, 5.74) is 5.31. The van der Waals surface area contributed by atoms with Gasteiger partial charge in [-0.1, -0.05) is 77.9 Å². The van der Waals surface area contributed by atoms with Gasteiger partial charge >= 0.3 is 0 Å². The minimum Gasteiger partial charge on any atom is -0.328 e. The van der Waals surface area contributed by atoms with Crippen molar-refractivity contribution in [2.75, 3.05) is 5.32 Å². The van der Waals surface area contributed by atoms with Crippen LogP contribution >= 0.6 is 27.7 Å². The van der Waals surface area contributed by atoms with Gasteiger partial charge in [0, 0.05) is 27.9 Å². The van der Waals surface area contributed by atoms with E-state index in [0.29, 0.717) is 17.5 Å². The number of halogens is 1. The van der Waals surface area contributed by atoms with Gasteiger partial charge in [-0.2, -0.15) is 4.98 Å². The second-order valence-electron chi connectivity index (χ2n) is 9.29. The van der Waals surface area contributed by atoms with Gasteiger partial charge in [-0.15, -0.1) is 5.10 Å². The Morgan fingerprint density at radius 1 is 1.16 bits per heavy atom. The number of anilines is 1. The summed E-state index contributed by atoms with van der Waals surface area (Å²) in [6.45, 7) is 6.42. The zero-order chi connectivity index (χ0) is 22.5. The van der Waals surface area contributed by atoms with E-state index in [-0.39, 0.29) is 17.2 Å². The molecule has 2 aliphatic rings. The first-order valence-electron chi connectivity index (χ1n) is 10.7.